The van der Waals surface area contributed by atoms with Gasteiger partial charge in [0.1, 0.15) is 0 Å². The molecule has 114 valence electrons. The van der Waals surface area contributed by atoms with Gasteiger partial charge >= 0.3 is 0 Å². The van der Waals surface area contributed by atoms with Crippen LogP contribution in [0.1, 0.15) is 18.1 Å². The van der Waals surface area contributed by atoms with E-state index in [4.69, 9.17) is 5.73 Å². The van der Waals surface area contributed by atoms with Crippen LogP contribution >= 0.6 is 15.9 Å². The SMILES string of the molecule is CCN(C)CCNS(=O)(=O)c1cc(CN)cc(C)c1Br. The van der Waals surface area contributed by atoms with E-state index in [0.29, 0.717) is 24.1 Å². The number of nitrogens with zero attached hydrogens (tertiary/aromatic N) is 1. The second-order valence-corrected chi connectivity index (χ2v) is 7.25. The van der Waals surface area contributed by atoms with Crippen molar-refractivity contribution >= 4 is 26.0 Å². The molecule has 0 atom stereocenters. The average molecular weight is 364 g/mol. The van der Waals surface area contributed by atoms with Crippen LogP contribution in [0.3, 0.4) is 0 Å². The van der Waals surface area contributed by atoms with E-state index >= 15 is 0 Å². The van der Waals surface area contributed by atoms with Gasteiger partial charge in [0.15, 0.2) is 0 Å². The summed E-state index contributed by atoms with van der Waals surface area (Å²) < 4.78 is 27.9. The van der Waals surface area contributed by atoms with Crippen LogP contribution in [0.5, 0.6) is 0 Å². The third-order valence-corrected chi connectivity index (χ3v) is 5.93. The van der Waals surface area contributed by atoms with Crippen molar-refractivity contribution in [1.29, 1.82) is 0 Å². The number of halogens is 1. The van der Waals surface area contributed by atoms with Crippen molar-refractivity contribution in [3.8, 4) is 0 Å². The molecular weight excluding hydrogens is 342 g/mol. The zero-order valence-corrected chi connectivity index (χ0v) is 14.5. The molecule has 0 amide bonds. The molecule has 3 N–H and O–H groups in total. The number of hydrogen-bond donors (Lipinski definition) is 2. The maximum Gasteiger partial charge on any atom is 0.241 e. The van der Waals surface area contributed by atoms with E-state index in [9.17, 15) is 8.42 Å². The number of likely N-dealkylation sites (N-methyl/N-ethyl adjacent to an activating group) is 1. The van der Waals surface area contributed by atoms with Crippen LogP contribution in [0.2, 0.25) is 0 Å². The Bertz CT molecular complexity index is 561. The smallest absolute Gasteiger partial charge is 0.241 e. The van der Waals surface area contributed by atoms with E-state index in [2.05, 4.69) is 20.7 Å². The highest BCUT2D eigenvalue weighted by Gasteiger charge is 2.19. The summed E-state index contributed by atoms with van der Waals surface area (Å²) in [6, 6.07) is 3.50. The largest absolute Gasteiger partial charge is 0.326 e. The van der Waals surface area contributed by atoms with Gasteiger partial charge in [-0.05, 0) is 53.6 Å². The topological polar surface area (TPSA) is 75.4 Å². The Balaban J connectivity index is 2.95. The minimum atomic E-state index is -3.53. The van der Waals surface area contributed by atoms with Gasteiger partial charge in [-0.2, -0.15) is 0 Å². The van der Waals surface area contributed by atoms with Crippen molar-refractivity contribution in [2.45, 2.75) is 25.3 Å². The van der Waals surface area contributed by atoms with Gasteiger partial charge in [0, 0.05) is 24.1 Å². The van der Waals surface area contributed by atoms with Crippen LogP contribution in [0.4, 0.5) is 0 Å². The first-order chi connectivity index (χ1) is 9.31. The van der Waals surface area contributed by atoms with E-state index in [1.165, 1.54) is 0 Å². The van der Waals surface area contributed by atoms with Crippen molar-refractivity contribution in [1.82, 2.24) is 9.62 Å². The number of benzene rings is 1. The highest BCUT2D eigenvalue weighted by molar-refractivity contribution is 9.10. The molecule has 7 heteroatoms. The van der Waals surface area contributed by atoms with E-state index < -0.39 is 10.0 Å². The summed E-state index contributed by atoms with van der Waals surface area (Å²) in [5.41, 5.74) is 7.26. The van der Waals surface area contributed by atoms with Crippen LogP contribution < -0.4 is 10.5 Å². The fourth-order valence-corrected chi connectivity index (χ4v) is 3.82. The molecule has 20 heavy (non-hydrogen) atoms. The van der Waals surface area contributed by atoms with Crippen LogP contribution in [-0.2, 0) is 16.6 Å². The number of sulfonamides is 1. The number of aryl methyl sites for hydroxylation is 1. The van der Waals surface area contributed by atoms with Gasteiger partial charge < -0.3 is 10.6 Å². The molecule has 0 spiro atoms. The summed E-state index contributed by atoms with van der Waals surface area (Å²) in [5, 5.41) is 0. The highest BCUT2D eigenvalue weighted by Crippen LogP contribution is 2.27. The molecule has 0 bridgehead atoms. The Kier molecular flexibility index (Phi) is 6.60. The second-order valence-electron chi connectivity index (χ2n) is 4.72. The van der Waals surface area contributed by atoms with Crippen LogP contribution in [0.25, 0.3) is 0 Å². The normalized spacial score (nSPS) is 12.1. The summed E-state index contributed by atoms with van der Waals surface area (Å²) in [5.74, 6) is 0. The first-order valence-electron chi connectivity index (χ1n) is 6.49. The third-order valence-electron chi connectivity index (χ3n) is 3.13. The highest BCUT2D eigenvalue weighted by atomic mass is 79.9. The lowest BCUT2D eigenvalue weighted by Crippen LogP contribution is -2.33. The van der Waals surface area contributed by atoms with Gasteiger partial charge in [0.25, 0.3) is 0 Å². The Morgan fingerprint density at radius 1 is 1.40 bits per heavy atom. The van der Waals surface area contributed by atoms with E-state index in [0.717, 1.165) is 17.7 Å². The molecule has 0 aliphatic rings. The van der Waals surface area contributed by atoms with Gasteiger partial charge in [-0.3, -0.25) is 0 Å². The number of hydrogen-bond acceptors (Lipinski definition) is 4. The summed E-state index contributed by atoms with van der Waals surface area (Å²) in [7, 11) is -1.58. The molecule has 0 saturated carbocycles. The summed E-state index contributed by atoms with van der Waals surface area (Å²) in [6.45, 7) is 6.13. The lowest BCUT2D eigenvalue weighted by atomic mass is 10.1. The first-order valence-corrected chi connectivity index (χ1v) is 8.76. The molecule has 1 rings (SSSR count). The standard InChI is InChI=1S/C13H22BrN3O2S/c1-4-17(3)6-5-16-20(18,19)12-8-11(9-15)7-10(2)13(12)14/h7-8,16H,4-6,9,15H2,1-3H3. The predicted octanol–water partition coefficient (Wildman–Crippen LogP) is 1.45. The zero-order chi connectivity index (χ0) is 15.3. The van der Waals surface area contributed by atoms with Crippen molar-refractivity contribution in [2.24, 2.45) is 5.73 Å². The first kappa shape index (κ1) is 17.6. The van der Waals surface area contributed by atoms with Crippen molar-refractivity contribution in [2.75, 3.05) is 26.7 Å². The lowest BCUT2D eigenvalue weighted by molar-refractivity contribution is 0.358. The van der Waals surface area contributed by atoms with E-state index in [-0.39, 0.29) is 4.90 Å². The van der Waals surface area contributed by atoms with Crippen molar-refractivity contribution < 1.29 is 8.42 Å². The fraction of sp³-hybridized carbons (Fsp3) is 0.538. The number of rotatable bonds is 7. The van der Waals surface area contributed by atoms with Gasteiger partial charge in [-0.25, -0.2) is 13.1 Å². The molecule has 0 fully saturated rings. The average Bonchev–Trinajstić information content (AvgIpc) is 2.40. The Morgan fingerprint density at radius 2 is 2.05 bits per heavy atom. The van der Waals surface area contributed by atoms with Gasteiger partial charge in [0.2, 0.25) is 10.0 Å². The molecule has 1 aromatic rings. The molecular formula is C13H22BrN3O2S. The van der Waals surface area contributed by atoms with Gasteiger partial charge in [-0.15, -0.1) is 0 Å². The van der Waals surface area contributed by atoms with Crippen LogP contribution in [0.15, 0.2) is 21.5 Å². The quantitative estimate of drug-likeness (QED) is 0.768. The van der Waals surface area contributed by atoms with Gasteiger partial charge in [-0.1, -0.05) is 13.0 Å². The van der Waals surface area contributed by atoms with Crippen LogP contribution in [-0.4, -0.2) is 40.0 Å². The van der Waals surface area contributed by atoms with E-state index in [1.54, 1.807) is 6.07 Å². The second kappa shape index (κ2) is 7.51. The Hall–Kier alpha value is -0.470. The fourth-order valence-electron chi connectivity index (χ4n) is 1.73. The maximum absolute atomic E-state index is 12.3. The number of nitrogens with two attached hydrogens (primary N) is 1. The third kappa shape index (κ3) is 4.53. The van der Waals surface area contributed by atoms with Gasteiger partial charge in [0.05, 0.1) is 4.90 Å². The molecule has 5 nitrogen and oxygen atoms in total. The van der Waals surface area contributed by atoms with Crippen molar-refractivity contribution in [3.63, 3.8) is 0 Å². The molecule has 0 aliphatic carbocycles. The summed E-state index contributed by atoms with van der Waals surface area (Å²) in [6.07, 6.45) is 0. The molecule has 0 aliphatic heterocycles. The molecule has 0 saturated heterocycles. The monoisotopic (exact) mass is 363 g/mol. The maximum atomic E-state index is 12.3. The lowest BCUT2D eigenvalue weighted by Gasteiger charge is -2.15. The predicted molar refractivity (Wildman–Crippen MR) is 85.1 cm³/mol. The molecule has 0 radical (unpaired) electrons. The summed E-state index contributed by atoms with van der Waals surface area (Å²) in [4.78, 5) is 2.29. The minimum absolute atomic E-state index is 0.247. The number of nitrogens with one attached hydrogen (secondary N) is 1. The zero-order valence-electron chi connectivity index (χ0n) is 12.1. The Morgan fingerprint density at radius 3 is 2.60 bits per heavy atom. The molecule has 0 unspecified atom stereocenters. The summed E-state index contributed by atoms with van der Waals surface area (Å²) >= 11 is 3.34. The Labute approximate surface area is 129 Å². The minimum Gasteiger partial charge on any atom is -0.326 e. The molecule has 0 heterocycles. The van der Waals surface area contributed by atoms with Crippen molar-refractivity contribution in [3.05, 3.63) is 27.7 Å². The van der Waals surface area contributed by atoms with E-state index in [1.807, 2.05) is 31.9 Å². The molecule has 0 aromatic heterocycles. The molecule has 1 aromatic carbocycles. The van der Waals surface area contributed by atoms with Crippen LogP contribution in [0, 0.1) is 6.92 Å².